The molecule has 0 atom stereocenters. The lowest BCUT2D eigenvalue weighted by atomic mass is 10.3. The Kier molecular flexibility index (Phi) is 4.03. The Morgan fingerprint density at radius 1 is 1.38 bits per heavy atom. The maximum atomic E-state index is 4.51. The van der Waals surface area contributed by atoms with Crippen molar-refractivity contribution in [1.82, 2.24) is 0 Å². The summed E-state index contributed by atoms with van der Waals surface area (Å²) in [6.45, 7) is 1.98. The highest BCUT2D eigenvalue weighted by Crippen LogP contribution is 2.10. The summed E-state index contributed by atoms with van der Waals surface area (Å²) in [5.74, 6) is 0.709. The topological polar surface area (TPSA) is 24.7 Å². The molecule has 0 N–H and O–H groups in total. The van der Waals surface area contributed by atoms with Crippen LogP contribution in [0.15, 0.2) is 40.3 Å². The van der Waals surface area contributed by atoms with E-state index in [0.717, 1.165) is 12.1 Å². The van der Waals surface area contributed by atoms with E-state index in [1.807, 2.05) is 37.3 Å². The highest BCUT2D eigenvalue weighted by atomic mass is 32.1. The van der Waals surface area contributed by atoms with E-state index in [1.54, 1.807) is 0 Å². The number of thiocarbonyl (C=S) groups is 1. The summed E-state index contributed by atoms with van der Waals surface area (Å²) in [6.07, 6.45) is 0.762. The fraction of sp³-hybridized carbons (Fsp3) is 0.200. The Morgan fingerprint density at radius 2 is 2.08 bits per heavy atom. The van der Waals surface area contributed by atoms with Crippen molar-refractivity contribution in [3.63, 3.8) is 0 Å². The van der Waals surface area contributed by atoms with Crippen molar-refractivity contribution in [2.24, 2.45) is 9.98 Å². The van der Waals surface area contributed by atoms with E-state index in [2.05, 4.69) is 27.4 Å². The summed E-state index contributed by atoms with van der Waals surface area (Å²) in [5, 5.41) is 2.32. The standard InChI is InChI=1S/C10H10N2S/c1-2-10(11-8-13)12-9-6-4-3-5-7-9/h3-7H,2H2,1H3/b12-10-. The Morgan fingerprint density at radius 3 is 2.62 bits per heavy atom. The summed E-state index contributed by atoms with van der Waals surface area (Å²) in [6, 6.07) is 9.68. The molecule has 0 heterocycles. The maximum Gasteiger partial charge on any atom is 0.139 e. The van der Waals surface area contributed by atoms with Gasteiger partial charge in [-0.25, -0.2) is 4.99 Å². The average Bonchev–Trinajstić information content (AvgIpc) is 2.19. The number of hydrogen-bond donors (Lipinski definition) is 0. The van der Waals surface area contributed by atoms with E-state index >= 15 is 0 Å². The Bertz CT molecular complexity index is 337. The van der Waals surface area contributed by atoms with E-state index in [4.69, 9.17) is 0 Å². The lowest BCUT2D eigenvalue weighted by Crippen LogP contribution is -1.88. The van der Waals surface area contributed by atoms with Crippen molar-refractivity contribution < 1.29 is 0 Å². The van der Waals surface area contributed by atoms with Crippen LogP contribution in [0.1, 0.15) is 13.3 Å². The van der Waals surface area contributed by atoms with Gasteiger partial charge in [0.25, 0.3) is 0 Å². The van der Waals surface area contributed by atoms with Crippen LogP contribution in [0.25, 0.3) is 0 Å². The van der Waals surface area contributed by atoms with Gasteiger partial charge in [-0.1, -0.05) is 25.1 Å². The van der Waals surface area contributed by atoms with Crippen LogP contribution in [0.2, 0.25) is 0 Å². The van der Waals surface area contributed by atoms with Crippen LogP contribution in [0.3, 0.4) is 0 Å². The van der Waals surface area contributed by atoms with Gasteiger partial charge in [0.2, 0.25) is 0 Å². The third-order valence-electron chi connectivity index (χ3n) is 1.51. The van der Waals surface area contributed by atoms with Crippen molar-refractivity contribution in [3.05, 3.63) is 30.3 Å². The number of rotatable bonds is 2. The molecule has 0 aliphatic carbocycles. The number of amidine groups is 1. The van der Waals surface area contributed by atoms with Crippen LogP contribution in [-0.2, 0) is 0 Å². The first-order valence-electron chi connectivity index (χ1n) is 4.07. The SMILES string of the molecule is CC/C(N=C=S)=N/c1ccccc1. The molecule has 0 bridgehead atoms. The lowest BCUT2D eigenvalue weighted by molar-refractivity contribution is 1.24. The van der Waals surface area contributed by atoms with E-state index in [9.17, 15) is 0 Å². The van der Waals surface area contributed by atoms with Gasteiger partial charge < -0.3 is 0 Å². The molecular weight excluding hydrogens is 180 g/mol. The highest BCUT2D eigenvalue weighted by molar-refractivity contribution is 7.78. The van der Waals surface area contributed by atoms with Crippen molar-refractivity contribution in [1.29, 1.82) is 0 Å². The second-order valence-corrected chi connectivity index (χ2v) is 2.60. The van der Waals surface area contributed by atoms with Crippen LogP contribution in [0.5, 0.6) is 0 Å². The number of para-hydroxylation sites is 1. The third-order valence-corrected chi connectivity index (χ3v) is 1.60. The molecule has 0 radical (unpaired) electrons. The van der Waals surface area contributed by atoms with E-state index in [0.29, 0.717) is 5.84 Å². The Hall–Kier alpha value is -1.31. The van der Waals surface area contributed by atoms with Crippen molar-refractivity contribution in [2.45, 2.75) is 13.3 Å². The van der Waals surface area contributed by atoms with Crippen LogP contribution in [0, 0.1) is 0 Å². The zero-order valence-corrected chi connectivity index (χ0v) is 8.21. The number of isothiocyanates is 1. The van der Waals surface area contributed by atoms with Crippen molar-refractivity contribution in [2.75, 3.05) is 0 Å². The first-order chi connectivity index (χ1) is 6.36. The molecule has 1 aromatic rings. The van der Waals surface area contributed by atoms with Crippen LogP contribution in [-0.4, -0.2) is 11.0 Å². The number of hydrogen-bond acceptors (Lipinski definition) is 2. The molecule has 0 aromatic heterocycles. The first kappa shape index (κ1) is 9.78. The van der Waals surface area contributed by atoms with E-state index in [1.165, 1.54) is 0 Å². The molecule has 66 valence electrons. The van der Waals surface area contributed by atoms with Crippen LogP contribution < -0.4 is 0 Å². The molecule has 13 heavy (non-hydrogen) atoms. The van der Waals surface area contributed by atoms with Gasteiger partial charge in [0.1, 0.15) is 5.84 Å². The molecule has 1 rings (SSSR count). The van der Waals surface area contributed by atoms with Gasteiger partial charge in [0, 0.05) is 6.42 Å². The minimum absolute atomic E-state index is 0.709. The lowest BCUT2D eigenvalue weighted by Gasteiger charge is -1.94. The summed E-state index contributed by atoms with van der Waals surface area (Å²) >= 11 is 4.51. The Labute approximate surface area is 83.0 Å². The van der Waals surface area contributed by atoms with Gasteiger partial charge in [-0.05, 0) is 24.4 Å². The molecule has 0 unspecified atom stereocenters. The summed E-state index contributed by atoms with van der Waals surface area (Å²) < 4.78 is 0. The van der Waals surface area contributed by atoms with Crippen LogP contribution >= 0.6 is 12.2 Å². The zero-order chi connectivity index (χ0) is 9.52. The van der Waals surface area contributed by atoms with Crippen LogP contribution in [0.4, 0.5) is 5.69 Å². The first-order valence-corrected chi connectivity index (χ1v) is 4.48. The fourth-order valence-electron chi connectivity index (χ4n) is 0.887. The molecule has 2 nitrogen and oxygen atoms in total. The average molecular weight is 190 g/mol. The second-order valence-electron chi connectivity index (χ2n) is 2.42. The van der Waals surface area contributed by atoms with E-state index < -0.39 is 0 Å². The number of aliphatic imine (C=N–C) groups is 2. The molecular formula is C10H10N2S. The molecule has 0 aliphatic heterocycles. The minimum atomic E-state index is 0.709. The highest BCUT2D eigenvalue weighted by Gasteiger charge is 1.91. The van der Waals surface area contributed by atoms with Gasteiger partial charge >= 0.3 is 0 Å². The maximum absolute atomic E-state index is 4.51. The smallest absolute Gasteiger partial charge is 0.139 e. The molecule has 0 fully saturated rings. The molecule has 0 saturated heterocycles. The van der Waals surface area contributed by atoms with Crippen molar-refractivity contribution >= 4 is 28.9 Å². The minimum Gasteiger partial charge on any atom is -0.233 e. The van der Waals surface area contributed by atoms with E-state index in [-0.39, 0.29) is 0 Å². The summed E-state index contributed by atoms with van der Waals surface area (Å²) in [5.41, 5.74) is 0.897. The van der Waals surface area contributed by atoms with Gasteiger partial charge in [-0.2, -0.15) is 4.99 Å². The predicted molar refractivity (Wildman–Crippen MR) is 58.9 cm³/mol. The normalized spacial score (nSPS) is 10.7. The third kappa shape index (κ3) is 3.28. The number of benzene rings is 1. The van der Waals surface area contributed by atoms with Crippen molar-refractivity contribution in [3.8, 4) is 0 Å². The molecule has 0 spiro atoms. The summed E-state index contributed by atoms with van der Waals surface area (Å²) in [4.78, 5) is 8.14. The molecule has 0 amide bonds. The molecule has 1 aromatic carbocycles. The largest absolute Gasteiger partial charge is 0.233 e. The second kappa shape index (κ2) is 5.36. The van der Waals surface area contributed by atoms with Gasteiger partial charge in [0.05, 0.1) is 10.8 Å². The molecule has 3 heteroatoms. The number of nitrogens with zero attached hydrogens (tertiary/aromatic N) is 2. The van der Waals surface area contributed by atoms with Gasteiger partial charge in [0.15, 0.2) is 0 Å². The van der Waals surface area contributed by atoms with Gasteiger partial charge in [-0.15, -0.1) is 0 Å². The predicted octanol–water partition coefficient (Wildman–Crippen LogP) is 3.23. The van der Waals surface area contributed by atoms with Gasteiger partial charge in [-0.3, -0.25) is 0 Å². The molecule has 0 aliphatic rings. The Balaban J connectivity index is 2.91. The fourth-order valence-corrected chi connectivity index (χ4v) is 0.993. The summed E-state index contributed by atoms with van der Waals surface area (Å²) in [7, 11) is 0. The molecule has 0 saturated carbocycles. The monoisotopic (exact) mass is 190 g/mol. The quantitative estimate of drug-likeness (QED) is 0.399. The zero-order valence-electron chi connectivity index (χ0n) is 7.40.